The minimum absolute atomic E-state index is 0.198. The van der Waals surface area contributed by atoms with Crippen molar-refractivity contribution in [3.63, 3.8) is 0 Å². The summed E-state index contributed by atoms with van der Waals surface area (Å²) in [5, 5.41) is 9.98. The number of nitrogens with zero attached hydrogens (tertiary/aromatic N) is 3. The van der Waals surface area contributed by atoms with Gasteiger partial charge in [0.2, 0.25) is 11.9 Å². The molecule has 0 aliphatic rings. The summed E-state index contributed by atoms with van der Waals surface area (Å²) >= 11 is 6.39. The van der Waals surface area contributed by atoms with Crippen molar-refractivity contribution in [2.75, 3.05) is 36.4 Å². The standard InChI is InChI=1S/C28H28ClN6O4P/c1-5-26(36)32-22-13-21(23(38-2)14-24(22)39-17-18-9-8-12-30-15-18)34-28-31-16-19(29)27(35-28)33-20-10-6-7-11-25(20)40(3,4)37/h5-16H,1,17H2,2-4H3,(H,32,36)(H2,31,33,34,35). The van der Waals surface area contributed by atoms with Crippen LogP contribution >= 0.6 is 18.7 Å². The van der Waals surface area contributed by atoms with Crippen LogP contribution in [0.15, 0.2) is 79.8 Å². The molecule has 40 heavy (non-hydrogen) atoms. The Kier molecular flexibility index (Phi) is 9.04. The minimum Gasteiger partial charge on any atom is -0.494 e. The maximum Gasteiger partial charge on any atom is 0.247 e. The number of hydrogen-bond donors (Lipinski definition) is 3. The number of benzene rings is 2. The van der Waals surface area contributed by atoms with Crippen LogP contribution < -0.4 is 30.7 Å². The number of aromatic nitrogens is 3. The number of methoxy groups -OCH3 is 1. The summed E-state index contributed by atoms with van der Waals surface area (Å²) in [6, 6.07) is 14.2. The topological polar surface area (TPSA) is 127 Å². The zero-order chi connectivity index (χ0) is 28.7. The largest absolute Gasteiger partial charge is 0.494 e. The van der Waals surface area contributed by atoms with Gasteiger partial charge in [0, 0.05) is 29.3 Å². The molecule has 12 heteroatoms. The van der Waals surface area contributed by atoms with Crippen molar-refractivity contribution in [3.05, 3.63) is 90.4 Å². The number of para-hydroxylation sites is 1. The number of rotatable bonds is 11. The lowest BCUT2D eigenvalue weighted by Gasteiger charge is -2.18. The van der Waals surface area contributed by atoms with Crippen LogP contribution in [0.25, 0.3) is 0 Å². The predicted octanol–water partition coefficient (Wildman–Crippen LogP) is 5.97. The van der Waals surface area contributed by atoms with Gasteiger partial charge in [0.15, 0.2) is 5.82 Å². The Morgan fingerprint density at radius 3 is 2.55 bits per heavy atom. The Morgan fingerprint density at radius 1 is 1.05 bits per heavy atom. The predicted molar refractivity (Wildman–Crippen MR) is 160 cm³/mol. The smallest absolute Gasteiger partial charge is 0.247 e. The van der Waals surface area contributed by atoms with E-state index < -0.39 is 13.0 Å². The molecule has 10 nitrogen and oxygen atoms in total. The normalized spacial score (nSPS) is 10.9. The van der Waals surface area contributed by atoms with E-state index in [1.807, 2.05) is 30.3 Å². The Labute approximate surface area is 237 Å². The molecule has 4 aromatic rings. The quantitative estimate of drug-likeness (QED) is 0.146. The second kappa shape index (κ2) is 12.6. The lowest BCUT2D eigenvalue weighted by atomic mass is 10.2. The fourth-order valence-electron chi connectivity index (χ4n) is 3.69. The van der Waals surface area contributed by atoms with Gasteiger partial charge in [-0.25, -0.2) is 4.98 Å². The Bertz CT molecular complexity index is 1580. The van der Waals surface area contributed by atoms with Gasteiger partial charge in [0.1, 0.15) is 30.3 Å². The van der Waals surface area contributed by atoms with Crippen molar-refractivity contribution in [1.82, 2.24) is 15.0 Å². The first kappa shape index (κ1) is 28.6. The molecule has 1 amide bonds. The van der Waals surface area contributed by atoms with Crippen molar-refractivity contribution < 1.29 is 18.8 Å². The molecular formula is C28H28ClN6O4P. The molecule has 0 radical (unpaired) electrons. The van der Waals surface area contributed by atoms with Crippen LogP contribution in [-0.2, 0) is 16.0 Å². The Balaban J connectivity index is 1.65. The summed E-state index contributed by atoms with van der Waals surface area (Å²) in [6.45, 7) is 7.13. The highest BCUT2D eigenvalue weighted by molar-refractivity contribution is 7.70. The number of ether oxygens (including phenoxy) is 2. The fraction of sp³-hybridized carbons (Fsp3) is 0.143. The van der Waals surface area contributed by atoms with E-state index in [1.165, 1.54) is 13.3 Å². The van der Waals surface area contributed by atoms with Gasteiger partial charge < -0.3 is 30.0 Å². The Morgan fingerprint density at radius 2 is 1.85 bits per heavy atom. The first-order valence-electron chi connectivity index (χ1n) is 12.1. The van der Waals surface area contributed by atoms with Crippen LogP contribution in [0, 0.1) is 0 Å². The minimum atomic E-state index is -2.57. The summed E-state index contributed by atoms with van der Waals surface area (Å²) < 4.78 is 24.4. The average molecular weight is 579 g/mol. The SMILES string of the molecule is C=CC(=O)Nc1cc(Nc2ncc(Cl)c(Nc3ccccc3P(C)(C)=O)n2)c(OC)cc1OCc1cccnc1. The summed E-state index contributed by atoms with van der Waals surface area (Å²) in [4.78, 5) is 25.1. The number of hydrogen-bond acceptors (Lipinski definition) is 9. The molecule has 0 saturated carbocycles. The number of carbonyl (C=O) groups excluding carboxylic acids is 1. The average Bonchev–Trinajstić information content (AvgIpc) is 2.94. The van der Waals surface area contributed by atoms with Crippen LogP contribution in [-0.4, -0.2) is 41.3 Å². The van der Waals surface area contributed by atoms with Crippen molar-refractivity contribution in [1.29, 1.82) is 0 Å². The van der Waals surface area contributed by atoms with E-state index in [0.29, 0.717) is 39.7 Å². The number of pyridine rings is 1. The monoisotopic (exact) mass is 578 g/mol. The van der Waals surface area contributed by atoms with Gasteiger partial charge in [-0.1, -0.05) is 36.4 Å². The van der Waals surface area contributed by atoms with Crippen molar-refractivity contribution in [3.8, 4) is 11.5 Å². The molecule has 0 aliphatic carbocycles. The van der Waals surface area contributed by atoms with Crippen LogP contribution in [0.3, 0.4) is 0 Å². The third-order valence-electron chi connectivity index (χ3n) is 5.59. The van der Waals surface area contributed by atoms with Gasteiger partial charge in [-0.3, -0.25) is 9.78 Å². The number of anilines is 5. The van der Waals surface area contributed by atoms with E-state index in [-0.39, 0.29) is 17.6 Å². The second-order valence-electron chi connectivity index (χ2n) is 8.90. The molecule has 2 aromatic heterocycles. The van der Waals surface area contributed by atoms with Crippen molar-refractivity contribution in [2.24, 2.45) is 0 Å². The van der Waals surface area contributed by atoms with E-state index in [9.17, 15) is 9.36 Å². The van der Waals surface area contributed by atoms with Gasteiger partial charge in [-0.2, -0.15) is 4.98 Å². The molecule has 0 fully saturated rings. The molecule has 0 bridgehead atoms. The van der Waals surface area contributed by atoms with Gasteiger partial charge in [0.05, 0.1) is 30.4 Å². The third kappa shape index (κ3) is 7.16. The number of carbonyl (C=O) groups is 1. The molecule has 2 aromatic carbocycles. The molecule has 0 atom stereocenters. The van der Waals surface area contributed by atoms with Gasteiger partial charge in [-0.15, -0.1) is 0 Å². The molecule has 0 saturated heterocycles. The van der Waals surface area contributed by atoms with E-state index in [1.54, 1.807) is 43.9 Å². The molecule has 206 valence electrons. The van der Waals surface area contributed by atoms with Crippen LogP contribution in [0.1, 0.15) is 5.56 Å². The van der Waals surface area contributed by atoms with Gasteiger partial charge in [-0.05, 0) is 43.7 Å². The summed E-state index contributed by atoms with van der Waals surface area (Å²) in [5.41, 5.74) is 2.31. The maximum atomic E-state index is 12.8. The Hall–Kier alpha value is -4.40. The van der Waals surface area contributed by atoms with Crippen molar-refractivity contribution in [2.45, 2.75) is 6.61 Å². The summed E-state index contributed by atoms with van der Waals surface area (Å²) in [5.74, 6) is 0.883. The number of halogens is 1. The molecule has 3 N–H and O–H groups in total. The lowest BCUT2D eigenvalue weighted by Crippen LogP contribution is -2.11. The van der Waals surface area contributed by atoms with E-state index in [4.69, 9.17) is 21.1 Å². The van der Waals surface area contributed by atoms with Gasteiger partial charge >= 0.3 is 0 Å². The van der Waals surface area contributed by atoms with E-state index in [0.717, 1.165) is 11.6 Å². The van der Waals surface area contributed by atoms with Gasteiger partial charge in [0.25, 0.3) is 0 Å². The fourth-order valence-corrected chi connectivity index (χ4v) is 4.98. The third-order valence-corrected chi connectivity index (χ3v) is 7.42. The summed E-state index contributed by atoms with van der Waals surface area (Å²) in [7, 11) is -1.07. The summed E-state index contributed by atoms with van der Waals surface area (Å²) in [6.07, 6.45) is 5.97. The number of amides is 1. The molecular weight excluding hydrogens is 551 g/mol. The molecule has 0 spiro atoms. The highest BCUT2D eigenvalue weighted by Crippen LogP contribution is 2.40. The number of nitrogens with one attached hydrogen (secondary N) is 3. The first-order chi connectivity index (χ1) is 19.2. The molecule has 2 heterocycles. The molecule has 0 unspecified atom stereocenters. The van der Waals surface area contributed by atoms with Crippen LogP contribution in [0.2, 0.25) is 5.02 Å². The second-order valence-corrected chi connectivity index (χ2v) is 12.5. The lowest BCUT2D eigenvalue weighted by molar-refractivity contribution is -0.111. The van der Waals surface area contributed by atoms with Crippen LogP contribution in [0.5, 0.6) is 11.5 Å². The first-order valence-corrected chi connectivity index (χ1v) is 15.0. The molecule has 4 rings (SSSR count). The van der Waals surface area contributed by atoms with E-state index >= 15 is 0 Å². The highest BCUT2D eigenvalue weighted by atomic mass is 35.5. The zero-order valence-corrected chi connectivity index (χ0v) is 23.8. The maximum absolute atomic E-state index is 12.8. The van der Waals surface area contributed by atoms with Crippen molar-refractivity contribution >= 4 is 58.8 Å². The zero-order valence-electron chi connectivity index (χ0n) is 22.1. The highest BCUT2D eigenvalue weighted by Gasteiger charge is 2.18. The van der Waals surface area contributed by atoms with Crippen LogP contribution in [0.4, 0.5) is 28.8 Å². The molecule has 0 aliphatic heterocycles. The van der Waals surface area contributed by atoms with E-state index in [2.05, 4.69) is 37.5 Å².